The van der Waals surface area contributed by atoms with Gasteiger partial charge in [0.15, 0.2) is 0 Å². The summed E-state index contributed by atoms with van der Waals surface area (Å²) in [5.41, 5.74) is 0. The lowest BCUT2D eigenvalue weighted by Gasteiger charge is -2.23. The highest BCUT2D eigenvalue weighted by Gasteiger charge is 2.12. The van der Waals surface area contributed by atoms with Gasteiger partial charge in [-0.2, -0.15) is 0 Å². The van der Waals surface area contributed by atoms with Gasteiger partial charge in [-0.05, 0) is 19.4 Å². The van der Waals surface area contributed by atoms with Crippen LogP contribution in [0.2, 0.25) is 0 Å². The number of hydrogen-bond acceptors (Lipinski definition) is 3. The molecule has 1 aliphatic heterocycles. The zero-order chi connectivity index (χ0) is 9.64. The monoisotopic (exact) mass is 195 g/mol. The van der Waals surface area contributed by atoms with E-state index in [0.717, 1.165) is 26.2 Å². The molecule has 4 nitrogen and oxygen atoms in total. The van der Waals surface area contributed by atoms with E-state index >= 15 is 0 Å². The number of hydrogen-bond donors (Lipinski definition) is 1. The number of piperidine rings is 1. The first-order valence-electron chi connectivity index (χ1n) is 5.23. The maximum atomic E-state index is 5.75. The highest BCUT2D eigenvalue weighted by molar-refractivity contribution is 4.74. The van der Waals surface area contributed by atoms with Gasteiger partial charge < -0.3 is 14.6 Å². The molecule has 1 aromatic heterocycles. The van der Waals surface area contributed by atoms with Gasteiger partial charge in [0.2, 0.25) is 0 Å². The zero-order valence-corrected chi connectivity index (χ0v) is 8.35. The molecule has 0 aliphatic carbocycles. The van der Waals surface area contributed by atoms with E-state index in [1.54, 1.807) is 6.20 Å². The summed E-state index contributed by atoms with van der Waals surface area (Å²) in [6.45, 7) is 3.82. The minimum absolute atomic E-state index is 0.410. The molecule has 1 N–H and O–H groups in total. The third kappa shape index (κ3) is 2.82. The van der Waals surface area contributed by atoms with E-state index in [1.165, 1.54) is 12.8 Å². The van der Waals surface area contributed by atoms with Crippen molar-refractivity contribution in [2.45, 2.75) is 25.5 Å². The Bertz CT molecular complexity index is 242. The van der Waals surface area contributed by atoms with Crippen LogP contribution in [0.15, 0.2) is 18.7 Å². The molecular weight excluding hydrogens is 178 g/mol. The molecule has 1 aliphatic rings. The van der Waals surface area contributed by atoms with Crippen LogP contribution in [0.5, 0.6) is 0 Å². The van der Waals surface area contributed by atoms with Gasteiger partial charge in [0.25, 0.3) is 0 Å². The second kappa shape index (κ2) is 5.12. The molecule has 0 spiro atoms. The van der Waals surface area contributed by atoms with Crippen LogP contribution in [0.1, 0.15) is 12.8 Å². The molecule has 78 valence electrons. The van der Waals surface area contributed by atoms with Crippen molar-refractivity contribution in [3.05, 3.63) is 18.7 Å². The van der Waals surface area contributed by atoms with Crippen LogP contribution in [0.25, 0.3) is 0 Å². The van der Waals surface area contributed by atoms with Crippen LogP contribution >= 0.6 is 0 Å². The highest BCUT2D eigenvalue weighted by atomic mass is 16.5. The third-order valence-electron chi connectivity index (χ3n) is 2.51. The quantitative estimate of drug-likeness (QED) is 0.766. The Hall–Kier alpha value is -0.870. The van der Waals surface area contributed by atoms with Crippen molar-refractivity contribution in [1.82, 2.24) is 14.9 Å². The third-order valence-corrected chi connectivity index (χ3v) is 2.51. The standard InChI is InChI=1S/C10H17N3O/c1-2-10(8-11-3-1)14-7-6-13-5-4-12-9-13/h4-5,9-11H,1-3,6-8H2/t10-/m0/s1. The molecule has 1 saturated heterocycles. The number of imidazole rings is 1. The Kier molecular flexibility index (Phi) is 3.54. The van der Waals surface area contributed by atoms with Gasteiger partial charge in [-0.1, -0.05) is 0 Å². The minimum atomic E-state index is 0.410. The summed E-state index contributed by atoms with van der Waals surface area (Å²) in [7, 11) is 0. The van der Waals surface area contributed by atoms with Crippen molar-refractivity contribution < 1.29 is 4.74 Å². The fraction of sp³-hybridized carbons (Fsp3) is 0.700. The molecule has 14 heavy (non-hydrogen) atoms. The van der Waals surface area contributed by atoms with Crippen molar-refractivity contribution in [2.24, 2.45) is 0 Å². The van der Waals surface area contributed by atoms with E-state index in [2.05, 4.69) is 10.3 Å². The van der Waals surface area contributed by atoms with Crippen LogP contribution in [0.3, 0.4) is 0 Å². The summed E-state index contributed by atoms with van der Waals surface area (Å²) in [6, 6.07) is 0. The van der Waals surface area contributed by atoms with Crippen molar-refractivity contribution >= 4 is 0 Å². The Morgan fingerprint density at radius 3 is 3.29 bits per heavy atom. The van der Waals surface area contributed by atoms with Gasteiger partial charge >= 0.3 is 0 Å². The predicted molar refractivity (Wildman–Crippen MR) is 54.1 cm³/mol. The van der Waals surface area contributed by atoms with Gasteiger partial charge in [0.05, 0.1) is 19.0 Å². The van der Waals surface area contributed by atoms with Gasteiger partial charge in [-0.15, -0.1) is 0 Å². The molecule has 0 amide bonds. The Morgan fingerprint density at radius 2 is 2.57 bits per heavy atom. The lowest BCUT2D eigenvalue weighted by atomic mass is 10.1. The van der Waals surface area contributed by atoms with E-state index in [0.29, 0.717) is 6.10 Å². The first-order chi connectivity index (χ1) is 6.95. The maximum Gasteiger partial charge on any atom is 0.0946 e. The van der Waals surface area contributed by atoms with Gasteiger partial charge in [-0.3, -0.25) is 0 Å². The second-order valence-corrected chi connectivity index (χ2v) is 3.64. The first kappa shape index (κ1) is 9.68. The van der Waals surface area contributed by atoms with E-state index in [1.807, 2.05) is 17.1 Å². The molecule has 0 unspecified atom stereocenters. The molecule has 2 rings (SSSR count). The van der Waals surface area contributed by atoms with Gasteiger partial charge in [0.1, 0.15) is 0 Å². The number of nitrogens with zero attached hydrogens (tertiary/aromatic N) is 2. The second-order valence-electron chi connectivity index (χ2n) is 3.64. The molecule has 0 saturated carbocycles. The van der Waals surface area contributed by atoms with Crippen molar-refractivity contribution in [3.63, 3.8) is 0 Å². The average Bonchev–Trinajstić information content (AvgIpc) is 2.72. The lowest BCUT2D eigenvalue weighted by molar-refractivity contribution is 0.0324. The van der Waals surface area contributed by atoms with E-state index < -0.39 is 0 Å². The molecule has 1 fully saturated rings. The number of rotatable bonds is 4. The molecule has 1 aromatic rings. The minimum Gasteiger partial charge on any atom is -0.375 e. The molecule has 4 heteroatoms. The number of nitrogens with one attached hydrogen (secondary N) is 1. The van der Waals surface area contributed by atoms with Crippen LogP contribution in [0, 0.1) is 0 Å². The molecule has 0 bridgehead atoms. The zero-order valence-electron chi connectivity index (χ0n) is 8.35. The molecule has 2 heterocycles. The lowest BCUT2D eigenvalue weighted by Crippen LogP contribution is -2.35. The Labute approximate surface area is 84.3 Å². The van der Waals surface area contributed by atoms with E-state index in [-0.39, 0.29) is 0 Å². The molecule has 1 atom stereocenters. The van der Waals surface area contributed by atoms with Gasteiger partial charge in [0, 0.05) is 25.5 Å². The van der Waals surface area contributed by atoms with Crippen molar-refractivity contribution in [1.29, 1.82) is 0 Å². The van der Waals surface area contributed by atoms with Gasteiger partial charge in [-0.25, -0.2) is 4.98 Å². The summed E-state index contributed by atoms with van der Waals surface area (Å²) in [4.78, 5) is 3.98. The van der Waals surface area contributed by atoms with Crippen LogP contribution in [0.4, 0.5) is 0 Å². The summed E-state index contributed by atoms with van der Waals surface area (Å²) < 4.78 is 7.78. The molecule has 0 aromatic carbocycles. The van der Waals surface area contributed by atoms with Crippen molar-refractivity contribution in [2.75, 3.05) is 19.7 Å². The average molecular weight is 195 g/mol. The summed E-state index contributed by atoms with van der Waals surface area (Å²) in [6.07, 6.45) is 8.41. The normalized spacial score (nSPS) is 22.4. The van der Waals surface area contributed by atoms with Crippen LogP contribution < -0.4 is 5.32 Å². The van der Waals surface area contributed by atoms with E-state index in [9.17, 15) is 0 Å². The fourth-order valence-electron chi connectivity index (χ4n) is 1.71. The fourth-order valence-corrected chi connectivity index (χ4v) is 1.71. The van der Waals surface area contributed by atoms with E-state index in [4.69, 9.17) is 4.74 Å². The molecule has 0 radical (unpaired) electrons. The SMILES string of the molecule is c1cn(CCO[C@H]2CCCNC2)cn1. The van der Waals surface area contributed by atoms with Crippen LogP contribution in [-0.2, 0) is 11.3 Å². The Morgan fingerprint density at radius 1 is 1.57 bits per heavy atom. The topological polar surface area (TPSA) is 39.1 Å². The molecular formula is C10H17N3O. The Balaban J connectivity index is 1.62. The van der Waals surface area contributed by atoms with Crippen LogP contribution in [-0.4, -0.2) is 35.4 Å². The summed E-state index contributed by atoms with van der Waals surface area (Å²) in [5.74, 6) is 0. The number of aromatic nitrogens is 2. The smallest absolute Gasteiger partial charge is 0.0946 e. The predicted octanol–water partition coefficient (Wildman–Crippen LogP) is 0.652. The highest BCUT2D eigenvalue weighted by Crippen LogP contribution is 2.05. The maximum absolute atomic E-state index is 5.75. The van der Waals surface area contributed by atoms with Crippen molar-refractivity contribution in [3.8, 4) is 0 Å². The summed E-state index contributed by atoms with van der Waals surface area (Å²) >= 11 is 0. The number of ether oxygens (including phenoxy) is 1. The first-order valence-corrected chi connectivity index (χ1v) is 5.23. The largest absolute Gasteiger partial charge is 0.375 e. The summed E-state index contributed by atoms with van der Waals surface area (Å²) in [5, 5.41) is 3.33.